The molecule has 0 fully saturated rings. The molecule has 1 aromatic rings. The molecule has 0 saturated heterocycles. The molecule has 0 aliphatic heterocycles. The normalized spacial score (nSPS) is 9.65. The van der Waals surface area contributed by atoms with Crippen molar-refractivity contribution in [3.05, 3.63) is 29.8 Å². The summed E-state index contributed by atoms with van der Waals surface area (Å²) in [4.78, 5) is 33.0. The lowest BCUT2D eigenvalue weighted by atomic mass is 10.2. The van der Waals surface area contributed by atoms with Crippen molar-refractivity contribution in [2.75, 3.05) is 20.3 Å². The highest BCUT2D eigenvalue weighted by atomic mass is 16.6. The highest BCUT2D eigenvalue weighted by Gasteiger charge is 2.08. The number of carbonyl (C=O) groups is 3. The number of nitrogens with one attached hydrogen (secondary N) is 1. The minimum atomic E-state index is -0.986. The summed E-state index contributed by atoms with van der Waals surface area (Å²) in [6, 6.07) is 6.20. The van der Waals surface area contributed by atoms with Crippen molar-refractivity contribution < 1.29 is 29.0 Å². The van der Waals surface area contributed by atoms with Crippen molar-refractivity contribution in [2.45, 2.75) is 6.42 Å². The number of hydrogen-bond donors (Lipinski definition) is 2. The van der Waals surface area contributed by atoms with Crippen LogP contribution in [0.4, 0.5) is 0 Å². The van der Waals surface area contributed by atoms with Gasteiger partial charge in [-0.2, -0.15) is 0 Å². The fraction of sp³-hybridized carbons (Fsp3) is 0.308. The van der Waals surface area contributed by atoms with E-state index in [9.17, 15) is 14.4 Å². The van der Waals surface area contributed by atoms with Crippen LogP contribution in [0.25, 0.3) is 0 Å². The third-order valence-corrected chi connectivity index (χ3v) is 2.31. The van der Waals surface area contributed by atoms with E-state index in [1.54, 1.807) is 18.2 Å². The van der Waals surface area contributed by atoms with Crippen LogP contribution in [0.2, 0.25) is 0 Å². The van der Waals surface area contributed by atoms with Crippen molar-refractivity contribution in [2.24, 2.45) is 0 Å². The molecular formula is C13H15NO6. The molecule has 0 aliphatic rings. The molecule has 0 unspecified atom stereocenters. The van der Waals surface area contributed by atoms with Gasteiger partial charge in [-0.15, -0.1) is 0 Å². The monoisotopic (exact) mass is 281 g/mol. The first kappa shape index (κ1) is 15.5. The van der Waals surface area contributed by atoms with Gasteiger partial charge in [-0.1, -0.05) is 6.07 Å². The molecule has 0 bridgehead atoms. The van der Waals surface area contributed by atoms with Crippen LogP contribution in [0.3, 0.4) is 0 Å². The third kappa shape index (κ3) is 5.38. The maximum atomic E-state index is 11.7. The van der Waals surface area contributed by atoms with E-state index in [-0.39, 0.29) is 19.6 Å². The van der Waals surface area contributed by atoms with E-state index in [0.717, 1.165) is 0 Å². The van der Waals surface area contributed by atoms with E-state index >= 15 is 0 Å². The second kappa shape index (κ2) is 7.78. The first-order valence-corrected chi connectivity index (χ1v) is 5.82. The van der Waals surface area contributed by atoms with E-state index in [4.69, 9.17) is 9.84 Å². The fourth-order valence-electron chi connectivity index (χ4n) is 1.31. The number of hydrogen-bond acceptors (Lipinski definition) is 5. The molecule has 108 valence electrons. The van der Waals surface area contributed by atoms with Crippen LogP contribution in [0.15, 0.2) is 24.3 Å². The Morgan fingerprint density at radius 2 is 2.05 bits per heavy atom. The summed E-state index contributed by atoms with van der Waals surface area (Å²) >= 11 is 0. The van der Waals surface area contributed by atoms with E-state index in [1.165, 1.54) is 13.2 Å². The summed E-state index contributed by atoms with van der Waals surface area (Å²) in [5, 5.41) is 10.9. The largest absolute Gasteiger partial charge is 0.482 e. The summed E-state index contributed by atoms with van der Waals surface area (Å²) < 4.78 is 9.57. The molecule has 0 saturated carbocycles. The predicted octanol–water partition coefficient (Wildman–Crippen LogP) is 0.443. The number of amides is 1. The van der Waals surface area contributed by atoms with Crippen LogP contribution in [-0.2, 0) is 14.3 Å². The Hall–Kier alpha value is -2.57. The molecule has 0 atom stereocenters. The summed E-state index contributed by atoms with van der Waals surface area (Å²) in [6.45, 7) is -0.206. The standard InChI is InChI=1S/C13H15NO6/c1-19-12(17)8-20-10-4-2-3-9(7-10)13(18)14-6-5-11(15)16/h2-4,7H,5-6,8H2,1H3,(H,14,18)(H,15,16). The minimum absolute atomic E-state index is 0.0431. The van der Waals surface area contributed by atoms with E-state index < -0.39 is 17.8 Å². The van der Waals surface area contributed by atoms with Gasteiger partial charge < -0.3 is 19.9 Å². The first-order chi connectivity index (χ1) is 9.52. The van der Waals surface area contributed by atoms with E-state index in [0.29, 0.717) is 11.3 Å². The molecule has 0 spiro atoms. The Bertz CT molecular complexity index is 499. The van der Waals surface area contributed by atoms with Gasteiger partial charge in [0.05, 0.1) is 13.5 Å². The van der Waals surface area contributed by atoms with Gasteiger partial charge in [0.15, 0.2) is 6.61 Å². The van der Waals surface area contributed by atoms with Crippen molar-refractivity contribution in [1.29, 1.82) is 0 Å². The number of carbonyl (C=O) groups excluding carboxylic acids is 2. The molecular weight excluding hydrogens is 266 g/mol. The third-order valence-electron chi connectivity index (χ3n) is 2.31. The average Bonchev–Trinajstić information content (AvgIpc) is 2.44. The lowest BCUT2D eigenvalue weighted by Gasteiger charge is -2.07. The molecule has 0 aliphatic carbocycles. The van der Waals surface area contributed by atoms with Gasteiger partial charge in [0.1, 0.15) is 5.75 Å². The Labute approximate surface area is 115 Å². The molecule has 7 heteroatoms. The van der Waals surface area contributed by atoms with Gasteiger partial charge in [0, 0.05) is 12.1 Å². The van der Waals surface area contributed by atoms with Gasteiger partial charge in [0.2, 0.25) is 0 Å². The molecule has 20 heavy (non-hydrogen) atoms. The lowest BCUT2D eigenvalue weighted by Crippen LogP contribution is -2.26. The summed E-state index contributed by atoms with van der Waals surface area (Å²) in [6.07, 6.45) is -0.149. The number of methoxy groups -OCH3 is 1. The number of aliphatic carboxylic acids is 1. The van der Waals surface area contributed by atoms with Crippen LogP contribution in [0.5, 0.6) is 5.75 Å². The number of carboxylic acids is 1. The SMILES string of the molecule is COC(=O)COc1cccc(C(=O)NCCC(=O)O)c1. The zero-order valence-electron chi connectivity index (χ0n) is 10.9. The first-order valence-electron chi connectivity index (χ1n) is 5.82. The van der Waals surface area contributed by atoms with E-state index in [2.05, 4.69) is 10.1 Å². The van der Waals surface area contributed by atoms with Crippen LogP contribution in [0.1, 0.15) is 16.8 Å². The Kier molecular flexibility index (Phi) is 6.02. The topological polar surface area (TPSA) is 102 Å². The van der Waals surface area contributed by atoms with Crippen LogP contribution in [-0.4, -0.2) is 43.2 Å². The number of carboxylic acid groups (broad SMARTS) is 1. The lowest BCUT2D eigenvalue weighted by molar-refractivity contribution is -0.143. The molecule has 2 N–H and O–H groups in total. The van der Waals surface area contributed by atoms with Crippen molar-refractivity contribution in [1.82, 2.24) is 5.32 Å². The second-order valence-electron chi connectivity index (χ2n) is 3.79. The molecule has 0 heterocycles. The Balaban J connectivity index is 2.56. The molecule has 0 radical (unpaired) electrons. The van der Waals surface area contributed by atoms with Gasteiger partial charge in [-0.25, -0.2) is 4.79 Å². The number of ether oxygens (including phenoxy) is 2. The summed E-state index contributed by atoms with van der Waals surface area (Å²) in [5.41, 5.74) is 0.317. The van der Waals surface area contributed by atoms with E-state index in [1.807, 2.05) is 0 Å². The van der Waals surface area contributed by atoms with Crippen LogP contribution in [0, 0.1) is 0 Å². The van der Waals surface area contributed by atoms with Gasteiger partial charge in [-0.05, 0) is 18.2 Å². The number of esters is 1. The zero-order valence-corrected chi connectivity index (χ0v) is 10.9. The fourth-order valence-corrected chi connectivity index (χ4v) is 1.31. The zero-order chi connectivity index (χ0) is 15.0. The summed E-state index contributed by atoms with van der Waals surface area (Å²) in [5.74, 6) is -1.57. The van der Waals surface area contributed by atoms with Crippen molar-refractivity contribution in [3.63, 3.8) is 0 Å². The molecule has 7 nitrogen and oxygen atoms in total. The Morgan fingerprint density at radius 3 is 2.70 bits per heavy atom. The quantitative estimate of drug-likeness (QED) is 0.703. The maximum Gasteiger partial charge on any atom is 0.343 e. The smallest absolute Gasteiger partial charge is 0.343 e. The number of rotatable bonds is 7. The van der Waals surface area contributed by atoms with Crippen molar-refractivity contribution in [3.8, 4) is 5.75 Å². The highest BCUT2D eigenvalue weighted by molar-refractivity contribution is 5.94. The molecule has 0 aromatic heterocycles. The number of benzene rings is 1. The maximum absolute atomic E-state index is 11.7. The molecule has 1 rings (SSSR count). The second-order valence-corrected chi connectivity index (χ2v) is 3.79. The molecule has 1 amide bonds. The average molecular weight is 281 g/mol. The van der Waals surface area contributed by atoms with Crippen LogP contribution >= 0.6 is 0 Å². The van der Waals surface area contributed by atoms with Gasteiger partial charge >= 0.3 is 11.9 Å². The highest BCUT2D eigenvalue weighted by Crippen LogP contribution is 2.13. The molecule has 1 aromatic carbocycles. The van der Waals surface area contributed by atoms with Gasteiger partial charge in [-0.3, -0.25) is 9.59 Å². The van der Waals surface area contributed by atoms with Crippen LogP contribution < -0.4 is 10.1 Å². The van der Waals surface area contributed by atoms with Gasteiger partial charge in [0.25, 0.3) is 5.91 Å². The van der Waals surface area contributed by atoms with Crippen molar-refractivity contribution >= 4 is 17.8 Å². The minimum Gasteiger partial charge on any atom is -0.482 e. The predicted molar refractivity (Wildman–Crippen MR) is 68.5 cm³/mol. The Morgan fingerprint density at radius 1 is 1.30 bits per heavy atom. The summed E-state index contributed by atoms with van der Waals surface area (Å²) in [7, 11) is 1.25.